The van der Waals surface area contributed by atoms with Gasteiger partial charge in [0.2, 0.25) is 0 Å². The molecule has 0 amide bonds. The third kappa shape index (κ3) is 1.68. The molecule has 1 aromatic rings. The summed E-state index contributed by atoms with van der Waals surface area (Å²) < 4.78 is 0. The van der Waals surface area contributed by atoms with Crippen LogP contribution in [0.3, 0.4) is 0 Å². The molecule has 0 aromatic carbocycles. The van der Waals surface area contributed by atoms with Crippen LogP contribution >= 0.6 is 0 Å². The summed E-state index contributed by atoms with van der Waals surface area (Å²) in [5, 5.41) is 20.9. The summed E-state index contributed by atoms with van der Waals surface area (Å²) in [5.74, 6) is 0.663. The highest BCUT2D eigenvalue weighted by Crippen LogP contribution is 2.37. The molecule has 0 aliphatic heterocycles. The number of nitrogens with one attached hydrogen (secondary N) is 1. The first-order valence-corrected chi connectivity index (χ1v) is 4.53. The summed E-state index contributed by atoms with van der Waals surface area (Å²) in [7, 11) is 0. The molecule has 1 fully saturated rings. The molecule has 1 aliphatic rings. The van der Waals surface area contributed by atoms with Gasteiger partial charge in [0.25, 0.3) is 0 Å². The van der Waals surface area contributed by atoms with Crippen molar-refractivity contribution in [3.8, 4) is 6.07 Å². The van der Waals surface area contributed by atoms with E-state index < -0.39 is 0 Å². The molecule has 2 rings (SSSR count). The molecule has 4 nitrogen and oxygen atoms in total. The highest BCUT2D eigenvalue weighted by molar-refractivity contribution is 5.45. The van der Waals surface area contributed by atoms with Crippen molar-refractivity contribution in [3.63, 3.8) is 0 Å². The molecule has 72 valence electrons. The predicted molar refractivity (Wildman–Crippen MR) is 51.6 cm³/mol. The standard InChI is InChI=1S/C10H11N3O/c11-6-8-1-4-12-9(5-8)13-10(7-14)2-3-10/h1,4-5,14H,2-3,7H2,(H,12,13). The van der Waals surface area contributed by atoms with Crippen LogP contribution in [0.1, 0.15) is 18.4 Å². The van der Waals surface area contributed by atoms with E-state index in [0.717, 1.165) is 12.8 Å². The van der Waals surface area contributed by atoms with Crippen LogP contribution in [0.15, 0.2) is 18.3 Å². The molecule has 0 saturated heterocycles. The van der Waals surface area contributed by atoms with Crippen LogP contribution < -0.4 is 5.32 Å². The average molecular weight is 189 g/mol. The number of hydrogen-bond acceptors (Lipinski definition) is 4. The lowest BCUT2D eigenvalue weighted by atomic mass is 10.2. The van der Waals surface area contributed by atoms with E-state index in [4.69, 9.17) is 10.4 Å². The van der Waals surface area contributed by atoms with Crippen molar-refractivity contribution >= 4 is 5.82 Å². The van der Waals surface area contributed by atoms with Gasteiger partial charge in [0.05, 0.1) is 23.8 Å². The fraction of sp³-hybridized carbons (Fsp3) is 0.400. The van der Waals surface area contributed by atoms with Crippen LogP contribution in [0.4, 0.5) is 5.82 Å². The number of aliphatic hydroxyl groups excluding tert-OH is 1. The van der Waals surface area contributed by atoms with Crippen molar-refractivity contribution in [2.75, 3.05) is 11.9 Å². The lowest BCUT2D eigenvalue weighted by molar-refractivity contribution is 0.266. The summed E-state index contributed by atoms with van der Waals surface area (Å²) in [6, 6.07) is 5.40. The Kier molecular flexibility index (Phi) is 2.10. The number of pyridine rings is 1. The number of nitrogens with zero attached hydrogens (tertiary/aromatic N) is 2. The second-order valence-electron chi connectivity index (χ2n) is 3.61. The summed E-state index contributed by atoms with van der Waals surface area (Å²) in [4.78, 5) is 4.09. The van der Waals surface area contributed by atoms with Crippen LogP contribution in [0.25, 0.3) is 0 Å². The smallest absolute Gasteiger partial charge is 0.127 e. The zero-order chi connectivity index (χ0) is 10.0. The quantitative estimate of drug-likeness (QED) is 0.740. The van der Waals surface area contributed by atoms with Crippen molar-refractivity contribution in [1.29, 1.82) is 5.26 Å². The fourth-order valence-electron chi connectivity index (χ4n) is 1.31. The first-order valence-electron chi connectivity index (χ1n) is 4.53. The molecule has 0 bridgehead atoms. The van der Waals surface area contributed by atoms with E-state index in [0.29, 0.717) is 11.4 Å². The van der Waals surface area contributed by atoms with Gasteiger partial charge < -0.3 is 10.4 Å². The number of aliphatic hydroxyl groups is 1. The normalized spacial score (nSPS) is 17.1. The van der Waals surface area contributed by atoms with Crippen molar-refractivity contribution < 1.29 is 5.11 Å². The number of rotatable bonds is 3. The Morgan fingerprint density at radius 2 is 2.43 bits per heavy atom. The van der Waals surface area contributed by atoms with E-state index in [1.54, 1.807) is 18.3 Å². The number of anilines is 1. The fourth-order valence-corrected chi connectivity index (χ4v) is 1.31. The Morgan fingerprint density at radius 3 is 3.00 bits per heavy atom. The van der Waals surface area contributed by atoms with Crippen LogP contribution in [-0.4, -0.2) is 22.2 Å². The lowest BCUT2D eigenvalue weighted by Crippen LogP contribution is -2.26. The van der Waals surface area contributed by atoms with Gasteiger partial charge in [0, 0.05) is 6.20 Å². The summed E-state index contributed by atoms with van der Waals surface area (Å²) in [6.07, 6.45) is 3.51. The second kappa shape index (κ2) is 3.28. The van der Waals surface area contributed by atoms with E-state index in [1.807, 2.05) is 6.07 Å². The molecule has 14 heavy (non-hydrogen) atoms. The van der Waals surface area contributed by atoms with Gasteiger partial charge in [-0.25, -0.2) is 4.98 Å². The summed E-state index contributed by atoms with van der Waals surface area (Å²) in [6.45, 7) is 0.117. The van der Waals surface area contributed by atoms with Crippen molar-refractivity contribution in [2.24, 2.45) is 0 Å². The van der Waals surface area contributed by atoms with Crippen LogP contribution in [0.5, 0.6) is 0 Å². The Bertz CT molecular complexity index is 379. The van der Waals surface area contributed by atoms with Crippen molar-refractivity contribution in [2.45, 2.75) is 18.4 Å². The predicted octanol–water partition coefficient (Wildman–Crippen LogP) is 0.890. The topological polar surface area (TPSA) is 68.9 Å². The highest BCUT2D eigenvalue weighted by atomic mass is 16.3. The molecular weight excluding hydrogens is 178 g/mol. The minimum absolute atomic E-state index is 0.117. The molecule has 1 saturated carbocycles. The summed E-state index contributed by atoms with van der Waals surface area (Å²) in [5.41, 5.74) is 0.400. The van der Waals surface area contributed by atoms with E-state index in [2.05, 4.69) is 10.3 Å². The molecule has 1 heterocycles. The molecule has 1 aliphatic carbocycles. The average Bonchev–Trinajstić information content (AvgIpc) is 2.99. The zero-order valence-corrected chi connectivity index (χ0v) is 7.70. The van der Waals surface area contributed by atoms with Gasteiger partial charge in [0.15, 0.2) is 0 Å². The number of aromatic nitrogens is 1. The van der Waals surface area contributed by atoms with Crippen LogP contribution in [-0.2, 0) is 0 Å². The molecule has 2 N–H and O–H groups in total. The first kappa shape index (κ1) is 8.97. The molecule has 0 spiro atoms. The third-order valence-corrected chi connectivity index (χ3v) is 2.44. The lowest BCUT2D eigenvalue weighted by Gasteiger charge is -2.14. The first-order chi connectivity index (χ1) is 6.78. The maximum absolute atomic E-state index is 9.09. The Balaban J connectivity index is 2.14. The molecule has 0 radical (unpaired) electrons. The van der Waals surface area contributed by atoms with Crippen LogP contribution in [0, 0.1) is 11.3 Å². The maximum atomic E-state index is 9.09. The Labute approximate surface area is 82.2 Å². The van der Waals surface area contributed by atoms with Gasteiger partial charge >= 0.3 is 0 Å². The summed E-state index contributed by atoms with van der Waals surface area (Å²) >= 11 is 0. The number of nitriles is 1. The molecular formula is C10H11N3O. The second-order valence-corrected chi connectivity index (χ2v) is 3.61. The highest BCUT2D eigenvalue weighted by Gasteiger charge is 2.42. The minimum Gasteiger partial charge on any atom is -0.394 e. The van der Waals surface area contributed by atoms with Gasteiger partial charge in [-0.15, -0.1) is 0 Å². The van der Waals surface area contributed by atoms with E-state index in [1.165, 1.54) is 0 Å². The molecule has 1 aromatic heterocycles. The van der Waals surface area contributed by atoms with Crippen molar-refractivity contribution in [1.82, 2.24) is 4.98 Å². The maximum Gasteiger partial charge on any atom is 0.127 e. The molecule has 0 unspecified atom stereocenters. The van der Waals surface area contributed by atoms with Gasteiger partial charge in [-0.1, -0.05) is 0 Å². The van der Waals surface area contributed by atoms with Gasteiger partial charge in [-0.05, 0) is 25.0 Å². The van der Waals surface area contributed by atoms with E-state index in [9.17, 15) is 0 Å². The zero-order valence-electron chi connectivity index (χ0n) is 7.70. The minimum atomic E-state index is -0.179. The monoisotopic (exact) mass is 189 g/mol. The van der Waals surface area contributed by atoms with Gasteiger partial charge in [0.1, 0.15) is 5.82 Å². The van der Waals surface area contributed by atoms with E-state index in [-0.39, 0.29) is 12.1 Å². The largest absolute Gasteiger partial charge is 0.394 e. The number of hydrogen-bond donors (Lipinski definition) is 2. The van der Waals surface area contributed by atoms with Gasteiger partial charge in [-0.2, -0.15) is 5.26 Å². The van der Waals surface area contributed by atoms with Crippen LogP contribution in [0.2, 0.25) is 0 Å². The Hall–Kier alpha value is -1.60. The van der Waals surface area contributed by atoms with Gasteiger partial charge in [-0.3, -0.25) is 0 Å². The van der Waals surface area contributed by atoms with Crippen molar-refractivity contribution in [3.05, 3.63) is 23.9 Å². The van der Waals surface area contributed by atoms with E-state index >= 15 is 0 Å². The molecule has 4 heteroatoms. The Morgan fingerprint density at radius 1 is 1.64 bits per heavy atom. The molecule has 0 atom stereocenters. The third-order valence-electron chi connectivity index (χ3n) is 2.44. The SMILES string of the molecule is N#Cc1ccnc(NC2(CO)CC2)c1.